The van der Waals surface area contributed by atoms with Crippen molar-refractivity contribution in [2.24, 2.45) is 0 Å². The van der Waals surface area contributed by atoms with Crippen molar-refractivity contribution in [3.05, 3.63) is 40.8 Å². The van der Waals surface area contributed by atoms with Crippen molar-refractivity contribution in [1.82, 2.24) is 19.7 Å². The lowest BCUT2D eigenvalue weighted by atomic mass is 10.3. The summed E-state index contributed by atoms with van der Waals surface area (Å²) in [6, 6.07) is 1.78. The maximum absolute atomic E-state index is 11.9. The molecule has 0 unspecified atom stereocenters. The molecule has 0 bridgehead atoms. The fraction of sp³-hybridized carbons (Fsp3) is 0.182. The van der Waals surface area contributed by atoms with Crippen LogP contribution in [0.3, 0.4) is 0 Å². The summed E-state index contributed by atoms with van der Waals surface area (Å²) >= 11 is 7.18. The summed E-state index contributed by atoms with van der Waals surface area (Å²) in [5, 5.41) is 4.83. The average molecular weight is 283 g/mol. The number of nitrogens with zero attached hydrogens (tertiary/aromatic N) is 4. The molecule has 2 aromatic heterocycles. The van der Waals surface area contributed by atoms with Gasteiger partial charge in [-0.05, 0) is 6.07 Å². The first-order valence-electron chi connectivity index (χ1n) is 5.13. The molecule has 7 heteroatoms. The zero-order chi connectivity index (χ0) is 13.1. The minimum atomic E-state index is -0.162. The van der Waals surface area contributed by atoms with Crippen LogP contribution < -0.4 is 0 Å². The Bertz CT molecular complexity index is 574. The number of rotatable bonds is 4. The van der Waals surface area contributed by atoms with Crippen LogP contribution in [0.5, 0.6) is 0 Å². The van der Waals surface area contributed by atoms with E-state index in [-0.39, 0.29) is 10.9 Å². The fourth-order valence-corrected chi connectivity index (χ4v) is 2.37. The van der Waals surface area contributed by atoms with Gasteiger partial charge in [-0.25, -0.2) is 9.67 Å². The van der Waals surface area contributed by atoms with Gasteiger partial charge in [0, 0.05) is 38.8 Å². The van der Waals surface area contributed by atoms with E-state index in [1.807, 2.05) is 14.1 Å². The van der Waals surface area contributed by atoms with Crippen LogP contribution >= 0.6 is 22.9 Å². The molecule has 0 aliphatic carbocycles. The van der Waals surface area contributed by atoms with E-state index in [0.29, 0.717) is 10.0 Å². The predicted octanol–water partition coefficient (Wildman–Crippen LogP) is 2.24. The summed E-state index contributed by atoms with van der Waals surface area (Å²) in [6.45, 7) is 0. The van der Waals surface area contributed by atoms with Crippen LogP contribution in [0.2, 0.25) is 5.15 Å². The highest BCUT2D eigenvalue weighted by atomic mass is 35.5. The lowest BCUT2D eigenvalue weighted by Crippen LogP contribution is -2.02. The molecular weight excluding hydrogens is 272 g/mol. The summed E-state index contributed by atoms with van der Waals surface area (Å²) in [5.74, 6) is -0.162. The highest BCUT2D eigenvalue weighted by Crippen LogP contribution is 2.26. The molecule has 2 aromatic rings. The highest BCUT2D eigenvalue weighted by molar-refractivity contribution is 7.16. The summed E-state index contributed by atoms with van der Waals surface area (Å²) in [5.41, 5.74) is 0. The Morgan fingerprint density at radius 1 is 1.56 bits per heavy atom. The summed E-state index contributed by atoms with van der Waals surface area (Å²) in [7, 11) is 3.68. The van der Waals surface area contributed by atoms with Crippen LogP contribution in [0, 0.1) is 0 Å². The number of hydrogen-bond donors (Lipinski definition) is 0. The second-order valence-electron chi connectivity index (χ2n) is 3.71. The monoisotopic (exact) mass is 282 g/mol. The smallest absolute Gasteiger partial charge is 0.212 e. The topological polar surface area (TPSA) is 51.0 Å². The zero-order valence-electron chi connectivity index (χ0n) is 9.87. The number of thiazole rings is 1. The van der Waals surface area contributed by atoms with E-state index in [4.69, 9.17) is 11.6 Å². The number of halogens is 1. The van der Waals surface area contributed by atoms with Crippen molar-refractivity contribution >= 4 is 28.7 Å². The van der Waals surface area contributed by atoms with Crippen LogP contribution in [0.15, 0.2) is 30.7 Å². The van der Waals surface area contributed by atoms with Crippen LogP contribution in [-0.2, 0) is 0 Å². The van der Waals surface area contributed by atoms with E-state index in [2.05, 4.69) is 10.1 Å². The van der Waals surface area contributed by atoms with Gasteiger partial charge < -0.3 is 4.90 Å². The summed E-state index contributed by atoms with van der Waals surface area (Å²) in [4.78, 5) is 18.2. The van der Waals surface area contributed by atoms with Crippen LogP contribution in [0.25, 0.3) is 5.13 Å². The van der Waals surface area contributed by atoms with Gasteiger partial charge in [0.05, 0.1) is 0 Å². The molecule has 0 aromatic carbocycles. The number of carbonyl (C=O) groups excluding carboxylic acids is 1. The molecule has 0 saturated carbocycles. The van der Waals surface area contributed by atoms with Crippen LogP contribution in [0.1, 0.15) is 9.67 Å². The van der Waals surface area contributed by atoms with Gasteiger partial charge in [-0.3, -0.25) is 4.79 Å². The van der Waals surface area contributed by atoms with E-state index in [1.165, 1.54) is 17.4 Å². The minimum absolute atomic E-state index is 0.162. The number of carbonyl (C=O) groups is 1. The first-order valence-corrected chi connectivity index (χ1v) is 6.32. The Labute approximate surface area is 113 Å². The molecule has 0 N–H and O–H groups in total. The molecule has 0 aliphatic rings. The molecule has 0 radical (unpaired) electrons. The maximum atomic E-state index is 11.9. The number of allylic oxidation sites excluding steroid dienone is 1. The fourth-order valence-electron chi connectivity index (χ4n) is 1.22. The standard InChI is InChI=1S/C11H11ClN4OS/c1-15(2)7-4-8(17)9-10(12)14-11(18-9)16-6-3-5-13-16/h3-7H,1-2H3/b7-4+. The molecule has 5 nitrogen and oxygen atoms in total. The Balaban J connectivity index is 2.27. The lowest BCUT2D eigenvalue weighted by molar-refractivity contribution is 0.104. The third-order valence-electron chi connectivity index (χ3n) is 2.02. The third-order valence-corrected chi connectivity index (χ3v) is 3.47. The Hall–Kier alpha value is -1.66. The van der Waals surface area contributed by atoms with Gasteiger partial charge in [0.15, 0.2) is 10.9 Å². The first-order chi connectivity index (χ1) is 8.58. The van der Waals surface area contributed by atoms with E-state index in [1.54, 1.807) is 34.2 Å². The Morgan fingerprint density at radius 3 is 2.94 bits per heavy atom. The van der Waals surface area contributed by atoms with Gasteiger partial charge in [-0.1, -0.05) is 22.9 Å². The number of ketones is 1. The van der Waals surface area contributed by atoms with E-state index in [0.717, 1.165) is 0 Å². The SMILES string of the molecule is CN(C)/C=C/C(=O)c1sc(-n2cccn2)nc1Cl. The van der Waals surface area contributed by atoms with Crippen molar-refractivity contribution in [3.63, 3.8) is 0 Å². The van der Waals surface area contributed by atoms with Gasteiger partial charge in [0.1, 0.15) is 4.88 Å². The minimum Gasteiger partial charge on any atom is -0.383 e. The molecular formula is C11H11ClN4OS. The summed E-state index contributed by atoms with van der Waals surface area (Å²) < 4.78 is 1.57. The Kier molecular flexibility index (Phi) is 3.78. The molecule has 2 rings (SSSR count). The first kappa shape index (κ1) is 12.8. The van der Waals surface area contributed by atoms with Crippen molar-refractivity contribution in [3.8, 4) is 5.13 Å². The summed E-state index contributed by atoms with van der Waals surface area (Å²) in [6.07, 6.45) is 6.53. The lowest BCUT2D eigenvalue weighted by Gasteiger charge is -2.01. The molecule has 0 amide bonds. The second-order valence-corrected chi connectivity index (χ2v) is 5.05. The molecule has 2 heterocycles. The van der Waals surface area contributed by atoms with Crippen molar-refractivity contribution in [2.75, 3.05) is 14.1 Å². The molecule has 0 saturated heterocycles. The van der Waals surface area contributed by atoms with E-state index in [9.17, 15) is 4.79 Å². The molecule has 0 aliphatic heterocycles. The van der Waals surface area contributed by atoms with Gasteiger partial charge in [0.25, 0.3) is 0 Å². The van der Waals surface area contributed by atoms with Crippen molar-refractivity contribution in [1.29, 1.82) is 0 Å². The Morgan fingerprint density at radius 2 is 2.33 bits per heavy atom. The largest absolute Gasteiger partial charge is 0.383 e. The van der Waals surface area contributed by atoms with E-state index >= 15 is 0 Å². The van der Waals surface area contributed by atoms with Crippen LogP contribution in [-0.4, -0.2) is 39.5 Å². The van der Waals surface area contributed by atoms with Gasteiger partial charge in [0.2, 0.25) is 5.13 Å². The van der Waals surface area contributed by atoms with Gasteiger partial charge in [-0.2, -0.15) is 5.10 Å². The normalized spacial score (nSPS) is 11.1. The molecule has 0 atom stereocenters. The van der Waals surface area contributed by atoms with Crippen molar-refractivity contribution in [2.45, 2.75) is 0 Å². The average Bonchev–Trinajstić information content (AvgIpc) is 2.94. The molecule has 0 fully saturated rings. The highest BCUT2D eigenvalue weighted by Gasteiger charge is 2.15. The van der Waals surface area contributed by atoms with Gasteiger partial charge >= 0.3 is 0 Å². The molecule has 0 spiro atoms. The quantitative estimate of drug-likeness (QED) is 0.637. The number of hydrogen-bond acceptors (Lipinski definition) is 5. The maximum Gasteiger partial charge on any atom is 0.212 e. The van der Waals surface area contributed by atoms with Crippen LogP contribution in [0.4, 0.5) is 0 Å². The predicted molar refractivity (Wildman–Crippen MR) is 71.4 cm³/mol. The zero-order valence-corrected chi connectivity index (χ0v) is 11.4. The second kappa shape index (κ2) is 5.32. The van der Waals surface area contributed by atoms with E-state index < -0.39 is 0 Å². The molecule has 94 valence electrons. The number of aromatic nitrogens is 3. The van der Waals surface area contributed by atoms with Gasteiger partial charge in [-0.15, -0.1) is 0 Å². The third kappa shape index (κ3) is 2.77. The van der Waals surface area contributed by atoms with Crippen molar-refractivity contribution < 1.29 is 4.79 Å². The molecule has 18 heavy (non-hydrogen) atoms.